The Bertz CT molecular complexity index is 2240. The highest BCUT2D eigenvalue weighted by Crippen LogP contribution is 2.24. The van der Waals surface area contributed by atoms with Gasteiger partial charge in [0.2, 0.25) is 5.91 Å². The van der Waals surface area contributed by atoms with E-state index in [2.05, 4.69) is 39.6 Å². The van der Waals surface area contributed by atoms with Gasteiger partial charge in [-0.1, -0.05) is 55.5 Å². The van der Waals surface area contributed by atoms with E-state index in [4.69, 9.17) is 10.5 Å². The Morgan fingerprint density at radius 2 is 1.69 bits per heavy atom. The number of nitrogen functional groups attached to an aromatic ring is 1. The molecule has 0 saturated carbocycles. The fourth-order valence-corrected chi connectivity index (χ4v) is 6.50. The van der Waals surface area contributed by atoms with Gasteiger partial charge in [0.25, 0.3) is 17.4 Å². The molecule has 0 radical (unpaired) electrons. The molecule has 1 aliphatic rings. The van der Waals surface area contributed by atoms with Gasteiger partial charge in [0.15, 0.2) is 5.69 Å². The first-order valence-electron chi connectivity index (χ1n) is 18.3. The molecule has 0 atom stereocenters. The Morgan fingerprint density at radius 1 is 0.927 bits per heavy atom. The van der Waals surface area contributed by atoms with Gasteiger partial charge in [-0.3, -0.25) is 19.2 Å². The van der Waals surface area contributed by atoms with Crippen LogP contribution in [0.2, 0.25) is 0 Å². The largest absolute Gasteiger partial charge is 0.397 e. The maximum Gasteiger partial charge on any atom is 0.274 e. The summed E-state index contributed by atoms with van der Waals surface area (Å²) < 4.78 is 20.6. The fourth-order valence-electron chi connectivity index (χ4n) is 6.50. The number of carbonyl (C=O) groups excluding carboxylic acids is 3. The van der Waals surface area contributed by atoms with E-state index in [0.717, 1.165) is 17.5 Å². The second kappa shape index (κ2) is 17.9. The number of carbonyl (C=O) groups is 3. The number of anilines is 1. The number of piperazine rings is 1. The number of likely N-dealkylation sites (N-methyl/N-ethyl adjacent to an activating group) is 1. The number of nitrogens with one attached hydrogen (secondary N) is 2. The zero-order chi connectivity index (χ0) is 38.9. The highest BCUT2D eigenvalue weighted by Gasteiger charge is 2.26. The number of benzene rings is 3. The minimum atomic E-state index is -0.628. The van der Waals surface area contributed by atoms with Gasteiger partial charge in [0.1, 0.15) is 5.82 Å². The smallest absolute Gasteiger partial charge is 0.274 e. The Kier molecular flexibility index (Phi) is 12.6. The molecule has 286 valence electrons. The zero-order valence-corrected chi connectivity index (χ0v) is 31.0. The van der Waals surface area contributed by atoms with Crippen LogP contribution >= 0.6 is 0 Å². The second-order valence-electron chi connectivity index (χ2n) is 13.4. The van der Waals surface area contributed by atoms with E-state index in [1.165, 1.54) is 22.6 Å². The number of aromatic amines is 1. The molecule has 1 aliphatic heterocycles. The van der Waals surface area contributed by atoms with Crippen molar-refractivity contribution in [3.63, 3.8) is 0 Å². The molecule has 14 heteroatoms. The molecule has 0 aliphatic carbocycles. The standard InChI is InChI=1S/C41H45FN8O5/c1-3-27-7-6-8-29(21-27)30-24-35(43)38(45-25-30)41(54)48(2)18-20-55-19-13-44-26-37(51)49-14-16-50(17-15-49)40(53)33-22-28(11-12-34(33)42)23-36-31-9-4-5-10-32(31)39(52)47-46-36/h4-12,21-22,24-25,44H,3,13-20,23,26,43H2,1-2H3,(H,47,52). The lowest BCUT2D eigenvalue weighted by Gasteiger charge is -2.35. The van der Waals surface area contributed by atoms with E-state index in [1.807, 2.05) is 24.3 Å². The Balaban J connectivity index is 0.892. The van der Waals surface area contributed by atoms with E-state index in [0.29, 0.717) is 73.5 Å². The van der Waals surface area contributed by atoms with Crippen LogP contribution in [0.3, 0.4) is 0 Å². The molecule has 13 nitrogen and oxygen atoms in total. The fraction of sp³-hybridized carbons (Fsp3) is 0.317. The van der Waals surface area contributed by atoms with Crippen LogP contribution in [0, 0.1) is 5.82 Å². The first-order chi connectivity index (χ1) is 26.6. The van der Waals surface area contributed by atoms with Gasteiger partial charge in [-0.2, -0.15) is 5.10 Å². The van der Waals surface area contributed by atoms with Crippen molar-refractivity contribution in [1.82, 2.24) is 35.2 Å². The molecule has 3 aromatic carbocycles. The maximum atomic E-state index is 14.9. The summed E-state index contributed by atoms with van der Waals surface area (Å²) in [6.07, 6.45) is 2.88. The summed E-state index contributed by atoms with van der Waals surface area (Å²) in [5.74, 6) is -1.48. The van der Waals surface area contributed by atoms with E-state index >= 15 is 0 Å². The third-order valence-electron chi connectivity index (χ3n) is 9.73. The molecule has 6 rings (SSSR count). The van der Waals surface area contributed by atoms with E-state index in [9.17, 15) is 23.6 Å². The number of H-pyrrole nitrogens is 1. The van der Waals surface area contributed by atoms with Gasteiger partial charge in [-0.25, -0.2) is 14.5 Å². The molecular weight excluding hydrogens is 703 g/mol. The Morgan fingerprint density at radius 3 is 2.45 bits per heavy atom. The second-order valence-corrected chi connectivity index (χ2v) is 13.4. The SMILES string of the molecule is CCc1cccc(-c2cnc(C(=O)N(C)CCOCCNCC(=O)N3CCN(C(=O)c4cc(Cc5n[nH]c(=O)c6ccccc56)ccc4F)CC3)c(N)c2)c1. The van der Waals surface area contributed by atoms with Gasteiger partial charge < -0.3 is 30.5 Å². The minimum absolute atomic E-state index is 0.0491. The molecule has 5 aromatic rings. The number of nitrogens with two attached hydrogens (primary N) is 1. The lowest BCUT2D eigenvalue weighted by atomic mass is 10.0. The lowest BCUT2D eigenvalue weighted by Crippen LogP contribution is -2.52. The zero-order valence-electron chi connectivity index (χ0n) is 31.0. The van der Waals surface area contributed by atoms with Crippen molar-refractivity contribution in [3.8, 4) is 11.1 Å². The first kappa shape index (κ1) is 38.7. The van der Waals surface area contributed by atoms with Crippen LogP contribution in [-0.4, -0.2) is 114 Å². The number of nitrogens with zero attached hydrogens (tertiary/aromatic N) is 5. The number of hydrogen-bond donors (Lipinski definition) is 3. The monoisotopic (exact) mass is 748 g/mol. The van der Waals surface area contributed by atoms with E-state index in [1.54, 1.807) is 47.3 Å². The summed E-state index contributed by atoms with van der Waals surface area (Å²) in [4.78, 5) is 60.5. The molecule has 1 fully saturated rings. The van der Waals surface area contributed by atoms with Crippen molar-refractivity contribution in [2.24, 2.45) is 0 Å². The van der Waals surface area contributed by atoms with Crippen molar-refractivity contribution >= 4 is 34.2 Å². The average Bonchev–Trinajstić information content (AvgIpc) is 3.21. The summed E-state index contributed by atoms with van der Waals surface area (Å²) in [5, 5.41) is 11.0. The number of aryl methyl sites for hydroxylation is 1. The molecule has 0 bridgehead atoms. The highest BCUT2D eigenvalue weighted by molar-refractivity contribution is 5.98. The summed E-state index contributed by atoms with van der Waals surface area (Å²) in [6, 6.07) is 21.4. The normalized spacial score (nSPS) is 12.9. The molecule has 0 spiro atoms. The molecule has 1 saturated heterocycles. The lowest BCUT2D eigenvalue weighted by molar-refractivity contribution is -0.131. The molecule has 55 heavy (non-hydrogen) atoms. The van der Waals surface area contributed by atoms with Crippen LogP contribution in [-0.2, 0) is 22.4 Å². The van der Waals surface area contributed by atoms with Gasteiger partial charge in [0, 0.05) is 69.9 Å². The van der Waals surface area contributed by atoms with Crippen LogP contribution in [0.25, 0.3) is 21.9 Å². The van der Waals surface area contributed by atoms with Gasteiger partial charge in [0.05, 0.1) is 42.1 Å². The van der Waals surface area contributed by atoms with E-state index in [-0.39, 0.29) is 48.3 Å². The number of aromatic nitrogens is 3. The van der Waals surface area contributed by atoms with Gasteiger partial charge in [-0.15, -0.1) is 0 Å². The maximum absolute atomic E-state index is 14.9. The number of pyridine rings is 1. The van der Waals surface area contributed by atoms with Crippen molar-refractivity contribution < 1.29 is 23.5 Å². The molecule has 3 heterocycles. The number of rotatable bonds is 14. The quantitative estimate of drug-likeness (QED) is 0.144. The summed E-state index contributed by atoms with van der Waals surface area (Å²) in [5.41, 5.74) is 10.7. The minimum Gasteiger partial charge on any atom is -0.397 e. The Labute approximate surface area is 318 Å². The number of hydrogen-bond acceptors (Lipinski definition) is 9. The van der Waals surface area contributed by atoms with E-state index < -0.39 is 11.7 Å². The average molecular weight is 749 g/mol. The van der Waals surface area contributed by atoms with Crippen LogP contribution in [0.15, 0.2) is 83.8 Å². The molecule has 3 amide bonds. The summed E-state index contributed by atoms with van der Waals surface area (Å²) in [7, 11) is 1.67. The van der Waals surface area contributed by atoms with Crippen LogP contribution in [0.1, 0.15) is 44.6 Å². The van der Waals surface area contributed by atoms with Crippen molar-refractivity contribution in [3.05, 3.63) is 123 Å². The molecular formula is C41H45FN8O5. The van der Waals surface area contributed by atoms with Crippen molar-refractivity contribution in [2.75, 3.05) is 71.8 Å². The highest BCUT2D eigenvalue weighted by atomic mass is 19.1. The molecule has 0 unspecified atom stereocenters. The summed E-state index contributed by atoms with van der Waals surface area (Å²) in [6.45, 7) is 4.78. The predicted molar refractivity (Wildman–Crippen MR) is 208 cm³/mol. The first-order valence-corrected chi connectivity index (χ1v) is 18.3. The number of ether oxygens (including phenoxy) is 1. The topological polar surface area (TPSA) is 167 Å². The number of fused-ring (bicyclic) bond motifs is 1. The number of amides is 3. The van der Waals surface area contributed by atoms with Crippen LogP contribution < -0.4 is 16.6 Å². The third kappa shape index (κ3) is 9.39. The van der Waals surface area contributed by atoms with Gasteiger partial charge in [-0.05, 0) is 47.4 Å². The third-order valence-corrected chi connectivity index (χ3v) is 9.73. The van der Waals surface area contributed by atoms with Crippen LogP contribution in [0.5, 0.6) is 0 Å². The molecule has 4 N–H and O–H groups in total. The van der Waals surface area contributed by atoms with Gasteiger partial charge >= 0.3 is 0 Å². The predicted octanol–water partition coefficient (Wildman–Crippen LogP) is 3.52. The molecule has 2 aromatic heterocycles. The number of halogens is 1. The summed E-state index contributed by atoms with van der Waals surface area (Å²) >= 11 is 0. The van der Waals surface area contributed by atoms with Crippen LogP contribution in [0.4, 0.5) is 10.1 Å². The Hall–Kier alpha value is -5.99. The van der Waals surface area contributed by atoms with Crippen molar-refractivity contribution in [1.29, 1.82) is 0 Å². The van der Waals surface area contributed by atoms with Crippen molar-refractivity contribution in [2.45, 2.75) is 19.8 Å².